The van der Waals surface area contributed by atoms with Crippen molar-refractivity contribution in [2.45, 2.75) is 0 Å². The first kappa shape index (κ1) is 10.5. The van der Waals surface area contributed by atoms with Crippen LogP contribution in [0.25, 0.3) is 5.76 Å². The topological polar surface area (TPSA) is 84.9 Å². The second kappa shape index (κ2) is 4.59. The number of aliphatic hydroxyl groups is 1. The molecule has 0 aromatic heterocycles. The summed E-state index contributed by atoms with van der Waals surface area (Å²) < 4.78 is 0. The largest absolute Gasteiger partial charge is 0.505 e. The minimum Gasteiger partial charge on any atom is -0.505 e. The molecular formula is C11H6N2O2. The second-order valence-corrected chi connectivity index (χ2v) is 2.69. The molecule has 4 heteroatoms. The number of hydrogen-bond donors (Lipinski definition) is 1. The van der Waals surface area contributed by atoms with Crippen LogP contribution in [0, 0.1) is 22.7 Å². The molecule has 0 aliphatic rings. The number of nitrogens with zero attached hydrogens (tertiary/aromatic N) is 2. The Hall–Kier alpha value is -2.59. The van der Waals surface area contributed by atoms with Crippen molar-refractivity contribution < 1.29 is 9.90 Å². The highest BCUT2D eigenvalue weighted by atomic mass is 16.3. The molecule has 1 aromatic rings. The maximum absolute atomic E-state index is 10.4. The monoisotopic (exact) mass is 198 g/mol. The van der Waals surface area contributed by atoms with E-state index in [-0.39, 0.29) is 11.3 Å². The summed E-state index contributed by atoms with van der Waals surface area (Å²) in [5.74, 6) is -0.377. The van der Waals surface area contributed by atoms with E-state index in [1.165, 1.54) is 24.3 Å². The van der Waals surface area contributed by atoms with Gasteiger partial charge in [-0.05, 0) is 0 Å². The van der Waals surface area contributed by atoms with E-state index in [0.717, 1.165) is 0 Å². The van der Waals surface area contributed by atoms with Crippen LogP contribution in [0.2, 0.25) is 0 Å². The summed E-state index contributed by atoms with van der Waals surface area (Å²) in [6.45, 7) is 0. The Morgan fingerprint density at radius 2 is 1.73 bits per heavy atom. The third kappa shape index (κ3) is 2.20. The number of rotatable bonds is 2. The molecule has 0 atom stereocenters. The van der Waals surface area contributed by atoms with Gasteiger partial charge >= 0.3 is 0 Å². The molecule has 0 fully saturated rings. The van der Waals surface area contributed by atoms with Gasteiger partial charge in [0, 0.05) is 11.1 Å². The Morgan fingerprint density at radius 3 is 2.13 bits per heavy atom. The molecule has 15 heavy (non-hydrogen) atoms. The van der Waals surface area contributed by atoms with Gasteiger partial charge in [-0.25, -0.2) is 0 Å². The van der Waals surface area contributed by atoms with Gasteiger partial charge in [0.25, 0.3) is 0 Å². The molecule has 0 heterocycles. The van der Waals surface area contributed by atoms with E-state index in [0.29, 0.717) is 17.4 Å². The molecule has 0 unspecified atom stereocenters. The average Bonchev–Trinajstić information content (AvgIpc) is 2.30. The standard InChI is InChI=1S/C11H6N2O2/c12-5-10(6-13)11(15)9-3-1-8(7-14)2-4-9/h1-4,7,15H. The number of aldehydes is 1. The third-order valence-corrected chi connectivity index (χ3v) is 1.78. The van der Waals surface area contributed by atoms with Gasteiger partial charge in [-0.2, -0.15) is 10.5 Å². The molecule has 72 valence electrons. The van der Waals surface area contributed by atoms with Gasteiger partial charge in [-0.1, -0.05) is 24.3 Å². The van der Waals surface area contributed by atoms with Crippen LogP contribution < -0.4 is 0 Å². The van der Waals surface area contributed by atoms with Gasteiger partial charge in [0.05, 0.1) is 0 Å². The first-order valence-corrected chi connectivity index (χ1v) is 4.02. The van der Waals surface area contributed by atoms with Crippen molar-refractivity contribution in [3.63, 3.8) is 0 Å². The zero-order valence-corrected chi connectivity index (χ0v) is 7.64. The van der Waals surface area contributed by atoms with Gasteiger partial charge in [0.15, 0.2) is 11.3 Å². The van der Waals surface area contributed by atoms with Gasteiger partial charge in [0.2, 0.25) is 0 Å². The molecule has 0 saturated carbocycles. The van der Waals surface area contributed by atoms with Crippen LogP contribution in [0.15, 0.2) is 29.8 Å². The van der Waals surface area contributed by atoms with E-state index in [4.69, 9.17) is 10.5 Å². The molecule has 1 aromatic carbocycles. The van der Waals surface area contributed by atoms with E-state index in [1.54, 1.807) is 12.1 Å². The lowest BCUT2D eigenvalue weighted by atomic mass is 10.1. The minimum atomic E-state index is -0.377. The SMILES string of the molecule is N#CC(C#N)=C(O)c1ccc(C=O)cc1. The molecule has 0 bridgehead atoms. The number of carbonyl (C=O) groups is 1. The molecule has 0 aliphatic carbocycles. The van der Waals surface area contributed by atoms with E-state index in [2.05, 4.69) is 0 Å². The Labute approximate surface area is 86.3 Å². The molecule has 0 amide bonds. The number of nitriles is 2. The fraction of sp³-hybridized carbons (Fsp3) is 0. The van der Waals surface area contributed by atoms with Crippen LogP contribution in [0.5, 0.6) is 0 Å². The second-order valence-electron chi connectivity index (χ2n) is 2.69. The van der Waals surface area contributed by atoms with Crippen LogP contribution in [-0.4, -0.2) is 11.4 Å². The number of allylic oxidation sites excluding steroid dienone is 1. The fourth-order valence-corrected chi connectivity index (χ4v) is 0.995. The van der Waals surface area contributed by atoms with E-state index >= 15 is 0 Å². The summed E-state index contributed by atoms with van der Waals surface area (Å²) in [6.07, 6.45) is 0.667. The highest BCUT2D eigenvalue weighted by Crippen LogP contribution is 2.15. The van der Waals surface area contributed by atoms with E-state index in [1.807, 2.05) is 0 Å². The minimum absolute atomic E-state index is 0.332. The summed E-state index contributed by atoms with van der Waals surface area (Å²) in [4.78, 5) is 10.4. The molecule has 4 nitrogen and oxygen atoms in total. The lowest BCUT2D eigenvalue weighted by Crippen LogP contribution is -1.88. The van der Waals surface area contributed by atoms with Crippen LogP contribution in [-0.2, 0) is 0 Å². The summed E-state index contributed by atoms with van der Waals surface area (Å²) in [7, 11) is 0. The van der Waals surface area contributed by atoms with Crippen LogP contribution in [0.1, 0.15) is 15.9 Å². The highest BCUT2D eigenvalue weighted by Gasteiger charge is 2.06. The summed E-state index contributed by atoms with van der Waals surface area (Å²) in [5.41, 5.74) is 0.439. The van der Waals surface area contributed by atoms with Crippen LogP contribution >= 0.6 is 0 Å². The van der Waals surface area contributed by atoms with Crippen molar-refractivity contribution in [3.8, 4) is 12.1 Å². The lowest BCUT2D eigenvalue weighted by molar-refractivity contribution is 0.112. The summed E-state index contributed by atoms with van der Waals surface area (Å²) in [5, 5.41) is 26.5. The van der Waals surface area contributed by atoms with Gasteiger partial charge in [0.1, 0.15) is 18.4 Å². The number of aliphatic hydroxyl groups excluding tert-OH is 1. The van der Waals surface area contributed by atoms with E-state index < -0.39 is 0 Å². The van der Waals surface area contributed by atoms with Crippen LogP contribution in [0.4, 0.5) is 0 Å². The zero-order chi connectivity index (χ0) is 11.3. The molecule has 0 aliphatic heterocycles. The van der Waals surface area contributed by atoms with Crippen molar-refractivity contribution in [1.82, 2.24) is 0 Å². The Morgan fingerprint density at radius 1 is 1.20 bits per heavy atom. The maximum atomic E-state index is 10.4. The number of benzene rings is 1. The summed E-state index contributed by atoms with van der Waals surface area (Å²) >= 11 is 0. The Bertz CT molecular complexity index is 471. The predicted molar refractivity (Wildman–Crippen MR) is 52.6 cm³/mol. The number of hydrogen-bond acceptors (Lipinski definition) is 4. The molecular weight excluding hydrogens is 192 g/mol. The average molecular weight is 198 g/mol. The highest BCUT2D eigenvalue weighted by molar-refractivity contribution is 5.77. The first-order valence-electron chi connectivity index (χ1n) is 4.02. The van der Waals surface area contributed by atoms with Crippen LogP contribution in [0.3, 0.4) is 0 Å². The maximum Gasteiger partial charge on any atom is 0.171 e. The smallest absolute Gasteiger partial charge is 0.171 e. The summed E-state index contributed by atoms with van der Waals surface area (Å²) in [6, 6.07) is 9.07. The van der Waals surface area contributed by atoms with Crippen molar-refractivity contribution >= 4 is 12.0 Å². The molecule has 0 radical (unpaired) electrons. The molecule has 1 N–H and O–H groups in total. The quantitative estimate of drug-likeness (QED) is 0.446. The van der Waals surface area contributed by atoms with Crippen molar-refractivity contribution in [1.29, 1.82) is 10.5 Å². The molecule has 0 spiro atoms. The Kier molecular flexibility index (Phi) is 3.21. The molecule has 1 rings (SSSR count). The third-order valence-electron chi connectivity index (χ3n) is 1.78. The van der Waals surface area contributed by atoms with Crippen molar-refractivity contribution in [2.75, 3.05) is 0 Å². The zero-order valence-electron chi connectivity index (χ0n) is 7.64. The lowest BCUT2D eigenvalue weighted by Gasteiger charge is -1.99. The van der Waals surface area contributed by atoms with Gasteiger partial charge in [-0.3, -0.25) is 4.79 Å². The fourth-order valence-electron chi connectivity index (χ4n) is 0.995. The normalized spacial score (nSPS) is 8.40. The Balaban J connectivity index is 3.20. The molecule has 0 saturated heterocycles. The number of carbonyl (C=O) groups excluding carboxylic acids is 1. The van der Waals surface area contributed by atoms with Gasteiger partial charge < -0.3 is 5.11 Å². The van der Waals surface area contributed by atoms with Gasteiger partial charge in [-0.15, -0.1) is 0 Å². The first-order chi connectivity index (χ1) is 7.22. The van der Waals surface area contributed by atoms with Crippen molar-refractivity contribution in [3.05, 3.63) is 41.0 Å². The predicted octanol–water partition coefficient (Wildman–Crippen LogP) is 1.82. The van der Waals surface area contributed by atoms with Crippen molar-refractivity contribution in [2.24, 2.45) is 0 Å². The van der Waals surface area contributed by atoms with E-state index in [9.17, 15) is 9.90 Å².